The Morgan fingerprint density at radius 1 is 1.06 bits per heavy atom. The molecule has 0 aliphatic heterocycles. The van der Waals surface area contributed by atoms with E-state index < -0.39 is 11.9 Å². The molecule has 178 valence electrons. The second-order valence-electron chi connectivity index (χ2n) is 7.33. The standard InChI is InChI=1S/C26H24N4O5/c1-4-35-26(32)20-16-27-30(23-13-10-17-7-5-6-8-21(17)28-23)25(20)29-24(31)14-11-18-9-12-19(33-2)15-22(18)34-3/h5-16H,4H2,1-3H3,(H,29,31)/b14-11+. The number of pyridine rings is 1. The lowest BCUT2D eigenvalue weighted by Gasteiger charge is -2.10. The van der Waals surface area contributed by atoms with E-state index in [9.17, 15) is 9.59 Å². The number of amides is 1. The van der Waals surface area contributed by atoms with Gasteiger partial charge in [0, 0.05) is 23.1 Å². The highest BCUT2D eigenvalue weighted by Crippen LogP contribution is 2.26. The predicted molar refractivity (Wildman–Crippen MR) is 132 cm³/mol. The van der Waals surface area contributed by atoms with E-state index >= 15 is 0 Å². The third-order valence-corrected chi connectivity index (χ3v) is 5.16. The van der Waals surface area contributed by atoms with Gasteiger partial charge in [-0.2, -0.15) is 9.78 Å². The van der Waals surface area contributed by atoms with Crippen molar-refractivity contribution in [2.45, 2.75) is 6.92 Å². The summed E-state index contributed by atoms with van der Waals surface area (Å²) >= 11 is 0. The second kappa shape index (κ2) is 10.5. The molecule has 0 bridgehead atoms. The lowest BCUT2D eigenvalue weighted by Crippen LogP contribution is -2.16. The first-order chi connectivity index (χ1) is 17.0. The molecular weight excluding hydrogens is 448 g/mol. The molecule has 0 atom stereocenters. The average molecular weight is 473 g/mol. The van der Waals surface area contributed by atoms with Crippen molar-refractivity contribution in [3.63, 3.8) is 0 Å². The lowest BCUT2D eigenvalue weighted by atomic mass is 10.1. The number of nitrogens with zero attached hydrogens (tertiary/aromatic N) is 3. The van der Waals surface area contributed by atoms with E-state index in [0.717, 1.165) is 10.9 Å². The molecule has 1 N–H and O–H groups in total. The van der Waals surface area contributed by atoms with Gasteiger partial charge in [0.2, 0.25) is 5.91 Å². The number of hydrogen-bond acceptors (Lipinski definition) is 7. The highest BCUT2D eigenvalue weighted by molar-refractivity contribution is 6.06. The number of esters is 1. The molecule has 4 aromatic rings. The van der Waals surface area contributed by atoms with E-state index in [4.69, 9.17) is 14.2 Å². The van der Waals surface area contributed by atoms with E-state index in [0.29, 0.717) is 22.9 Å². The number of para-hydroxylation sites is 1. The Morgan fingerprint density at radius 2 is 1.89 bits per heavy atom. The maximum absolute atomic E-state index is 12.9. The number of carbonyl (C=O) groups excluding carboxylic acids is 2. The fraction of sp³-hybridized carbons (Fsp3) is 0.154. The van der Waals surface area contributed by atoms with Crippen molar-refractivity contribution in [2.75, 3.05) is 26.1 Å². The minimum atomic E-state index is -0.601. The number of anilines is 1. The zero-order valence-electron chi connectivity index (χ0n) is 19.5. The minimum Gasteiger partial charge on any atom is -0.497 e. The van der Waals surface area contributed by atoms with E-state index in [1.54, 1.807) is 44.4 Å². The van der Waals surface area contributed by atoms with Crippen molar-refractivity contribution in [3.05, 3.63) is 78.0 Å². The monoisotopic (exact) mass is 472 g/mol. The Labute approximate surface area is 201 Å². The normalized spacial score (nSPS) is 10.9. The summed E-state index contributed by atoms with van der Waals surface area (Å²) in [5, 5.41) is 7.99. The van der Waals surface area contributed by atoms with Crippen LogP contribution in [0.1, 0.15) is 22.8 Å². The summed E-state index contributed by atoms with van der Waals surface area (Å²) in [5.41, 5.74) is 1.55. The Morgan fingerprint density at radius 3 is 2.66 bits per heavy atom. The topological polar surface area (TPSA) is 105 Å². The zero-order valence-corrected chi connectivity index (χ0v) is 19.5. The number of benzene rings is 2. The maximum atomic E-state index is 12.9. The van der Waals surface area contributed by atoms with Gasteiger partial charge in [-0.05, 0) is 43.3 Å². The number of rotatable bonds is 8. The van der Waals surface area contributed by atoms with E-state index in [1.807, 2.05) is 30.3 Å². The van der Waals surface area contributed by atoms with Gasteiger partial charge < -0.3 is 19.5 Å². The van der Waals surface area contributed by atoms with Crippen LogP contribution in [0.2, 0.25) is 0 Å². The van der Waals surface area contributed by atoms with Crippen LogP contribution in [0, 0.1) is 0 Å². The summed E-state index contributed by atoms with van der Waals surface area (Å²) in [7, 11) is 3.10. The fourth-order valence-corrected chi connectivity index (χ4v) is 3.45. The van der Waals surface area contributed by atoms with Crippen LogP contribution in [-0.4, -0.2) is 47.5 Å². The van der Waals surface area contributed by atoms with Crippen LogP contribution in [0.15, 0.2) is 66.9 Å². The number of carbonyl (C=O) groups is 2. The van der Waals surface area contributed by atoms with Gasteiger partial charge in [-0.3, -0.25) is 4.79 Å². The molecule has 35 heavy (non-hydrogen) atoms. The first-order valence-electron chi connectivity index (χ1n) is 10.9. The molecule has 0 spiro atoms. The summed E-state index contributed by atoms with van der Waals surface area (Å²) < 4.78 is 17.1. The smallest absolute Gasteiger partial charge is 0.343 e. The van der Waals surface area contributed by atoms with Gasteiger partial charge in [0.25, 0.3) is 0 Å². The fourth-order valence-electron chi connectivity index (χ4n) is 3.45. The van der Waals surface area contributed by atoms with Crippen LogP contribution in [0.25, 0.3) is 22.8 Å². The molecule has 0 aliphatic carbocycles. The van der Waals surface area contributed by atoms with Crippen molar-refractivity contribution in [2.24, 2.45) is 0 Å². The molecule has 0 fully saturated rings. The molecule has 2 aromatic carbocycles. The largest absolute Gasteiger partial charge is 0.497 e. The number of aromatic nitrogens is 3. The van der Waals surface area contributed by atoms with Crippen molar-refractivity contribution in [3.8, 4) is 17.3 Å². The minimum absolute atomic E-state index is 0.116. The molecule has 1 amide bonds. The Bertz CT molecular complexity index is 1410. The van der Waals surface area contributed by atoms with Crippen molar-refractivity contribution in [1.82, 2.24) is 14.8 Å². The average Bonchev–Trinajstić information content (AvgIpc) is 3.30. The van der Waals surface area contributed by atoms with Crippen LogP contribution in [0.3, 0.4) is 0 Å². The zero-order chi connectivity index (χ0) is 24.8. The Balaban J connectivity index is 1.67. The quantitative estimate of drug-likeness (QED) is 0.302. The van der Waals surface area contributed by atoms with E-state index in [1.165, 1.54) is 24.1 Å². The number of fused-ring (bicyclic) bond motifs is 1. The Hall–Kier alpha value is -4.66. The molecular formula is C26H24N4O5. The molecule has 0 unspecified atom stereocenters. The molecule has 4 rings (SSSR count). The van der Waals surface area contributed by atoms with Gasteiger partial charge in [-0.1, -0.05) is 18.2 Å². The number of nitrogens with one attached hydrogen (secondary N) is 1. The van der Waals surface area contributed by atoms with Gasteiger partial charge >= 0.3 is 5.97 Å². The molecule has 0 aliphatic rings. The molecule has 2 aromatic heterocycles. The number of ether oxygens (including phenoxy) is 3. The maximum Gasteiger partial charge on any atom is 0.343 e. The molecule has 2 heterocycles. The van der Waals surface area contributed by atoms with E-state index in [2.05, 4.69) is 15.4 Å². The van der Waals surface area contributed by atoms with Gasteiger partial charge in [0.05, 0.1) is 32.5 Å². The van der Waals surface area contributed by atoms with Crippen LogP contribution in [-0.2, 0) is 9.53 Å². The van der Waals surface area contributed by atoms with Crippen LogP contribution >= 0.6 is 0 Å². The highest BCUT2D eigenvalue weighted by Gasteiger charge is 2.21. The third kappa shape index (κ3) is 5.14. The van der Waals surface area contributed by atoms with Gasteiger partial charge in [0.1, 0.15) is 17.1 Å². The molecule has 9 heteroatoms. The SMILES string of the molecule is CCOC(=O)c1cnn(-c2ccc3ccccc3n2)c1NC(=O)/C=C/c1ccc(OC)cc1OC. The van der Waals surface area contributed by atoms with Gasteiger partial charge in [0.15, 0.2) is 11.6 Å². The molecule has 9 nitrogen and oxygen atoms in total. The highest BCUT2D eigenvalue weighted by atomic mass is 16.5. The van der Waals surface area contributed by atoms with Crippen LogP contribution < -0.4 is 14.8 Å². The molecule has 0 saturated carbocycles. The van der Waals surface area contributed by atoms with Gasteiger partial charge in [-0.15, -0.1) is 0 Å². The summed E-state index contributed by atoms with van der Waals surface area (Å²) in [4.78, 5) is 30.0. The summed E-state index contributed by atoms with van der Waals surface area (Å²) in [5.74, 6) is 0.699. The predicted octanol–water partition coefficient (Wildman–Crippen LogP) is 4.27. The number of hydrogen-bond donors (Lipinski definition) is 1. The summed E-state index contributed by atoms with van der Waals surface area (Å²) in [6.07, 6.45) is 4.29. The lowest BCUT2D eigenvalue weighted by molar-refractivity contribution is -0.111. The molecule has 0 radical (unpaired) electrons. The van der Waals surface area contributed by atoms with Crippen LogP contribution in [0.4, 0.5) is 5.82 Å². The number of methoxy groups -OCH3 is 2. The van der Waals surface area contributed by atoms with E-state index in [-0.39, 0.29) is 18.0 Å². The van der Waals surface area contributed by atoms with Crippen LogP contribution in [0.5, 0.6) is 11.5 Å². The second-order valence-corrected chi connectivity index (χ2v) is 7.33. The first kappa shape index (κ1) is 23.5. The molecule has 0 saturated heterocycles. The van der Waals surface area contributed by atoms with Crippen molar-refractivity contribution >= 4 is 34.7 Å². The first-order valence-corrected chi connectivity index (χ1v) is 10.9. The summed E-state index contributed by atoms with van der Waals surface area (Å²) in [6.45, 7) is 1.89. The van der Waals surface area contributed by atoms with Gasteiger partial charge in [-0.25, -0.2) is 9.78 Å². The van der Waals surface area contributed by atoms with Crippen molar-refractivity contribution < 1.29 is 23.8 Å². The van der Waals surface area contributed by atoms with Crippen molar-refractivity contribution in [1.29, 1.82) is 0 Å². The third-order valence-electron chi connectivity index (χ3n) is 5.16. The summed E-state index contributed by atoms with van der Waals surface area (Å²) in [6, 6.07) is 16.5. The Kier molecular flexibility index (Phi) is 7.06.